The minimum atomic E-state index is -3.66. The Hall–Kier alpha value is -4.15. The molecule has 0 bridgehead atoms. The van der Waals surface area contributed by atoms with Gasteiger partial charge in [0, 0.05) is 42.5 Å². The molecular weight excluding hydrogens is 719 g/mol. The van der Waals surface area contributed by atoms with Gasteiger partial charge in [0.15, 0.2) is 5.82 Å². The van der Waals surface area contributed by atoms with Gasteiger partial charge >= 0.3 is 6.03 Å². The van der Waals surface area contributed by atoms with Crippen molar-refractivity contribution < 1.29 is 35.3 Å². The molecule has 1 amide bonds. The number of carbonyl (C=O) groups is 1. The Kier molecular flexibility index (Phi) is 9.17. The smallest absolute Gasteiger partial charge is 0.327 e. The molecule has 5 aromatic rings. The van der Waals surface area contributed by atoms with Gasteiger partial charge < -0.3 is 5.32 Å². The van der Waals surface area contributed by atoms with E-state index in [1.165, 1.54) is 23.9 Å². The van der Waals surface area contributed by atoms with Crippen molar-refractivity contribution in [2.75, 3.05) is 11.0 Å². The molecule has 258 valence electrons. The first kappa shape index (κ1) is 34.7. The van der Waals surface area contributed by atoms with Gasteiger partial charge in [0.25, 0.3) is 12.3 Å². The maximum absolute atomic E-state index is 15.2. The number of rotatable bonds is 8. The van der Waals surface area contributed by atoms with Crippen LogP contribution < -0.4 is 10.0 Å². The molecule has 2 unspecified atom stereocenters. The minimum Gasteiger partial charge on any atom is -0.327 e. The lowest BCUT2D eigenvalue weighted by Crippen LogP contribution is -2.37. The maximum atomic E-state index is 15.2. The molecule has 0 spiro atoms. The number of amides is 1. The summed E-state index contributed by atoms with van der Waals surface area (Å²) in [6.07, 6.45) is -3.01. The number of anilines is 1. The van der Waals surface area contributed by atoms with Gasteiger partial charge in [-0.2, -0.15) is 23.7 Å². The number of nitrogens with zero attached hydrogens (tertiary/aromatic N) is 5. The molecule has 49 heavy (non-hydrogen) atoms. The summed E-state index contributed by atoms with van der Waals surface area (Å²) >= 11 is 12.9. The van der Waals surface area contributed by atoms with Gasteiger partial charge in [-0.05, 0) is 48.2 Å². The van der Waals surface area contributed by atoms with E-state index in [0.29, 0.717) is 28.1 Å². The highest BCUT2D eigenvalue weighted by Gasteiger charge is 2.51. The summed E-state index contributed by atoms with van der Waals surface area (Å²) in [5.74, 6) is -6.33. The Morgan fingerprint density at radius 1 is 1.06 bits per heavy atom. The van der Waals surface area contributed by atoms with E-state index in [4.69, 9.17) is 23.2 Å². The van der Waals surface area contributed by atoms with Gasteiger partial charge in [0.05, 0.1) is 27.7 Å². The molecule has 0 saturated carbocycles. The Labute approximate surface area is 287 Å². The molecule has 9 nitrogen and oxygen atoms in total. The highest BCUT2D eigenvalue weighted by molar-refractivity contribution is 7.85. The lowest BCUT2D eigenvalue weighted by atomic mass is 9.94. The number of halogens is 8. The number of pyridine rings is 1. The quantitative estimate of drug-likeness (QED) is 0.123. The SMILES string of the molecule is C[C@H]1CC(F)(F)c2c1c(C(F)F)nn2C(=O)NC(Cc1cc(F)cc(F)c1)c1nc(Cl)ccc1-c1ccc(Cl)c2c(NS(C)=O)nn(C)c12. The zero-order valence-corrected chi connectivity index (χ0v) is 28.0. The van der Waals surface area contributed by atoms with E-state index < -0.39 is 76.3 Å². The predicted octanol–water partition coefficient (Wildman–Crippen LogP) is 8.20. The number of aryl methyl sites for hydroxylation is 1. The van der Waals surface area contributed by atoms with E-state index in [2.05, 4.69) is 25.2 Å². The number of fused-ring (bicyclic) bond motifs is 2. The van der Waals surface area contributed by atoms with Crippen molar-refractivity contribution >= 4 is 56.9 Å². The number of benzene rings is 2. The fraction of sp³-hybridized carbons (Fsp3) is 0.290. The second kappa shape index (κ2) is 12.9. The molecule has 3 aromatic heterocycles. The molecule has 1 aliphatic carbocycles. The van der Waals surface area contributed by atoms with Gasteiger partial charge in [0.1, 0.15) is 39.2 Å². The van der Waals surface area contributed by atoms with Crippen LogP contribution >= 0.6 is 23.2 Å². The maximum Gasteiger partial charge on any atom is 0.343 e. The van der Waals surface area contributed by atoms with Crippen LogP contribution in [-0.4, -0.2) is 41.0 Å². The first-order chi connectivity index (χ1) is 23.0. The minimum absolute atomic E-state index is 0.0157. The third-order valence-corrected chi connectivity index (χ3v) is 9.11. The van der Waals surface area contributed by atoms with Gasteiger partial charge in [-0.25, -0.2) is 31.5 Å². The van der Waals surface area contributed by atoms with E-state index in [-0.39, 0.29) is 38.4 Å². The first-order valence-corrected chi connectivity index (χ1v) is 16.8. The molecule has 3 atom stereocenters. The van der Waals surface area contributed by atoms with Crippen LogP contribution in [0.15, 0.2) is 42.5 Å². The van der Waals surface area contributed by atoms with Crippen LogP contribution in [0.4, 0.5) is 37.0 Å². The first-order valence-electron chi connectivity index (χ1n) is 14.5. The number of hydrogen-bond donors (Lipinski definition) is 2. The monoisotopic (exact) mass is 743 g/mol. The summed E-state index contributed by atoms with van der Waals surface area (Å²) < 4.78 is 103. The van der Waals surface area contributed by atoms with Crippen molar-refractivity contribution in [1.82, 2.24) is 29.9 Å². The van der Waals surface area contributed by atoms with Gasteiger partial charge in [-0.3, -0.25) is 9.40 Å². The van der Waals surface area contributed by atoms with Gasteiger partial charge in [-0.15, -0.1) is 0 Å². The third kappa shape index (κ3) is 6.48. The fourth-order valence-corrected chi connectivity index (χ4v) is 7.12. The van der Waals surface area contributed by atoms with Crippen molar-refractivity contribution in [3.05, 3.63) is 92.5 Å². The topological polar surface area (TPSA) is 107 Å². The fourth-order valence-electron chi connectivity index (χ4n) is 6.31. The molecule has 0 fully saturated rings. The number of aromatic nitrogens is 5. The van der Waals surface area contributed by atoms with E-state index in [0.717, 1.165) is 12.1 Å². The highest BCUT2D eigenvalue weighted by atomic mass is 35.5. The van der Waals surface area contributed by atoms with E-state index in [9.17, 15) is 26.6 Å². The normalized spacial score (nSPS) is 16.6. The van der Waals surface area contributed by atoms with Crippen LogP contribution in [0.5, 0.6) is 0 Å². The van der Waals surface area contributed by atoms with E-state index in [1.54, 1.807) is 25.2 Å². The lowest BCUT2D eigenvalue weighted by molar-refractivity contribution is -0.0129. The van der Waals surface area contributed by atoms with Gasteiger partial charge in [-0.1, -0.05) is 36.2 Å². The molecule has 1 aliphatic rings. The summed E-state index contributed by atoms with van der Waals surface area (Å²) in [5, 5.41) is 11.1. The summed E-state index contributed by atoms with van der Waals surface area (Å²) in [6, 6.07) is 6.13. The van der Waals surface area contributed by atoms with Crippen molar-refractivity contribution in [3.63, 3.8) is 0 Å². The summed E-state index contributed by atoms with van der Waals surface area (Å²) in [7, 11) is 0.0749. The van der Waals surface area contributed by atoms with Crippen LogP contribution in [0.1, 0.15) is 59.9 Å². The lowest BCUT2D eigenvalue weighted by Gasteiger charge is -2.23. The van der Waals surface area contributed by atoms with Crippen LogP contribution in [0.2, 0.25) is 10.2 Å². The van der Waals surface area contributed by atoms with Crippen LogP contribution in [0.3, 0.4) is 0 Å². The summed E-state index contributed by atoms with van der Waals surface area (Å²) in [4.78, 5) is 18.3. The number of carbonyl (C=O) groups excluding carboxylic acids is 1. The van der Waals surface area contributed by atoms with Crippen molar-refractivity contribution in [3.8, 4) is 11.1 Å². The van der Waals surface area contributed by atoms with Crippen molar-refractivity contribution in [2.24, 2.45) is 7.05 Å². The molecule has 6 rings (SSSR count). The van der Waals surface area contributed by atoms with Crippen molar-refractivity contribution in [1.29, 1.82) is 0 Å². The molecule has 18 heteroatoms. The summed E-state index contributed by atoms with van der Waals surface area (Å²) in [5.41, 5.74) is -1.13. The zero-order valence-electron chi connectivity index (χ0n) is 25.7. The summed E-state index contributed by atoms with van der Waals surface area (Å²) in [6.45, 7) is 1.34. The number of nitrogens with one attached hydrogen (secondary N) is 2. The Morgan fingerprint density at radius 3 is 2.39 bits per heavy atom. The van der Waals surface area contributed by atoms with E-state index >= 15 is 8.78 Å². The number of alkyl halides is 4. The Bertz CT molecular complexity index is 2140. The average Bonchev–Trinajstić information content (AvgIpc) is 3.63. The highest BCUT2D eigenvalue weighted by Crippen LogP contribution is 2.51. The molecule has 2 N–H and O–H groups in total. The second-order valence-electron chi connectivity index (χ2n) is 11.6. The molecule has 0 aliphatic heterocycles. The molecule has 0 radical (unpaired) electrons. The van der Waals surface area contributed by atoms with Crippen LogP contribution in [0, 0.1) is 11.6 Å². The van der Waals surface area contributed by atoms with Crippen molar-refractivity contribution in [2.45, 2.75) is 44.1 Å². The standard InChI is InChI=1S/C31H25Cl2F6N7O2S/c1-13-12-31(38,39)27-22(13)25(28(36)37)42-46(27)30(47)40-20(10-14-8-15(34)11-16(35)9-14)24-17(5-7-21(33)41-24)18-4-6-19(32)23-26(18)45(2)43-29(23)44-49(3)48/h4-9,11,13,20,28H,10,12H2,1-3H3,(H,40,47)(H,43,44)/t13-,20?,49?/m0/s1. The average molecular weight is 745 g/mol. The molecule has 2 aromatic carbocycles. The largest absolute Gasteiger partial charge is 0.343 e. The molecular formula is C31H25Cl2F6N7O2S. The van der Waals surface area contributed by atoms with Gasteiger partial charge in [0.2, 0.25) is 0 Å². The van der Waals surface area contributed by atoms with Crippen LogP contribution in [-0.2, 0) is 30.4 Å². The second-order valence-corrected chi connectivity index (χ2v) is 13.5. The predicted molar refractivity (Wildman–Crippen MR) is 172 cm³/mol. The van der Waals surface area contributed by atoms with E-state index in [1.807, 2.05) is 0 Å². The van der Waals surface area contributed by atoms with Crippen LogP contribution in [0.25, 0.3) is 22.0 Å². The third-order valence-electron chi connectivity index (χ3n) is 8.10. The molecule has 3 heterocycles. The Balaban J connectivity index is 1.54. The Morgan fingerprint density at radius 2 is 1.73 bits per heavy atom. The molecule has 0 saturated heterocycles. The zero-order chi connectivity index (χ0) is 35.5. The number of hydrogen-bond acceptors (Lipinski definition) is 5.